The Kier molecular flexibility index (Phi) is 7.14. The molecule has 0 N–H and O–H groups in total. The first-order valence-electron chi connectivity index (χ1n) is 9.83. The molecule has 0 unspecified atom stereocenters. The zero-order valence-electron chi connectivity index (χ0n) is 16.2. The van der Waals surface area contributed by atoms with E-state index in [9.17, 15) is 0 Å². The highest BCUT2D eigenvalue weighted by molar-refractivity contribution is 6.02. The van der Waals surface area contributed by atoms with Crippen molar-refractivity contribution in [3.05, 3.63) is 35.4 Å². The van der Waals surface area contributed by atoms with Crippen molar-refractivity contribution in [1.82, 2.24) is 9.80 Å². The summed E-state index contributed by atoms with van der Waals surface area (Å²) in [5, 5.41) is 0. The van der Waals surface area contributed by atoms with Gasteiger partial charge in [0.1, 0.15) is 11.6 Å². The highest BCUT2D eigenvalue weighted by Crippen LogP contribution is 2.33. The first kappa shape index (κ1) is 18.8. The molecule has 3 nitrogen and oxygen atoms in total. The lowest BCUT2D eigenvalue weighted by Crippen LogP contribution is -2.40. The number of rotatable bonds is 7. The van der Waals surface area contributed by atoms with Gasteiger partial charge in [0.05, 0.1) is 0 Å². The van der Waals surface area contributed by atoms with Gasteiger partial charge < -0.3 is 9.80 Å². The zero-order chi connectivity index (χ0) is 17.5. The van der Waals surface area contributed by atoms with Gasteiger partial charge in [-0.3, -0.25) is 0 Å². The van der Waals surface area contributed by atoms with Crippen LogP contribution in [0.25, 0.3) is 0 Å². The number of hydrogen-bond donors (Lipinski definition) is 0. The van der Waals surface area contributed by atoms with Crippen molar-refractivity contribution < 1.29 is 0 Å². The minimum absolute atomic E-state index is 0.975. The van der Waals surface area contributed by atoms with Gasteiger partial charge in [-0.15, -0.1) is 0 Å². The molecule has 24 heavy (non-hydrogen) atoms. The Morgan fingerprint density at radius 2 is 1.75 bits per heavy atom. The van der Waals surface area contributed by atoms with E-state index in [0.29, 0.717) is 0 Å². The Bertz CT molecular complexity index is 533. The predicted molar refractivity (Wildman–Crippen MR) is 105 cm³/mol. The molecule has 0 radical (unpaired) electrons. The molecule has 1 saturated heterocycles. The average molecular weight is 330 g/mol. The molecule has 2 rings (SSSR count). The standard InChI is InChI=1S/C21H35N3/c1-6-13-18-19(14-7-2)22-20(17(8-3)9-4)23(5)21(18)24-15-11-10-12-16-24/h8H,3,6-7,9-16H2,1-2,4-5H3/b20-17+. The molecule has 0 saturated carbocycles. The first-order chi connectivity index (χ1) is 11.7. The summed E-state index contributed by atoms with van der Waals surface area (Å²) < 4.78 is 0. The second-order valence-electron chi connectivity index (χ2n) is 6.87. The molecule has 0 aromatic rings. The third kappa shape index (κ3) is 3.93. The van der Waals surface area contributed by atoms with Crippen LogP contribution in [-0.4, -0.2) is 35.6 Å². The molecule has 2 heterocycles. The summed E-state index contributed by atoms with van der Waals surface area (Å²) in [6.07, 6.45) is 11.4. The van der Waals surface area contributed by atoms with Gasteiger partial charge in [-0.1, -0.05) is 46.3 Å². The first-order valence-corrected chi connectivity index (χ1v) is 9.83. The van der Waals surface area contributed by atoms with Gasteiger partial charge in [-0.05, 0) is 44.1 Å². The number of piperidine rings is 1. The molecular weight excluding hydrogens is 294 g/mol. The van der Waals surface area contributed by atoms with Gasteiger partial charge in [0.2, 0.25) is 0 Å². The number of likely N-dealkylation sites (tertiary alicyclic amines) is 1. The van der Waals surface area contributed by atoms with Crippen LogP contribution in [0.5, 0.6) is 0 Å². The van der Waals surface area contributed by atoms with Gasteiger partial charge in [-0.2, -0.15) is 0 Å². The quantitative estimate of drug-likeness (QED) is 0.616. The Hall–Kier alpha value is -1.51. The van der Waals surface area contributed by atoms with Crippen LogP contribution in [0.3, 0.4) is 0 Å². The van der Waals surface area contributed by atoms with E-state index in [1.54, 1.807) is 0 Å². The molecule has 0 aromatic carbocycles. The van der Waals surface area contributed by atoms with Gasteiger partial charge >= 0.3 is 0 Å². The molecule has 2 aliphatic heterocycles. The van der Waals surface area contributed by atoms with E-state index in [-0.39, 0.29) is 0 Å². The van der Waals surface area contributed by atoms with Crippen molar-refractivity contribution in [3.8, 4) is 0 Å². The van der Waals surface area contributed by atoms with E-state index in [4.69, 9.17) is 4.99 Å². The third-order valence-electron chi connectivity index (χ3n) is 5.05. The van der Waals surface area contributed by atoms with E-state index >= 15 is 0 Å². The maximum Gasteiger partial charge on any atom is 0.137 e. The van der Waals surface area contributed by atoms with Crippen LogP contribution in [-0.2, 0) is 0 Å². The number of allylic oxidation sites excluding steroid dienone is 3. The zero-order valence-corrected chi connectivity index (χ0v) is 16.2. The monoisotopic (exact) mass is 329 g/mol. The van der Waals surface area contributed by atoms with E-state index in [1.807, 2.05) is 6.08 Å². The minimum Gasteiger partial charge on any atom is -0.358 e. The van der Waals surface area contributed by atoms with Gasteiger partial charge in [0, 0.05) is 31.4 Å². The summed E-state index contributed by atoms with van der Waals surface area (Å²) in [6.45, 7) is 13.1. The van der Waals surface area contributed by atoms with E-state index in [2.05, 4.69) is 44.2 Å². The molecule has 0 aliphatic carbocycles. The fourth-order valence-electron chi connectivity index (χ4n) is 3.84. The maximum atomic E-state index is 5.11. The third-order valence-corrected chi connectivity index (χ3v) is 5.05. The van der Waals surface area contributed by atoms with Gasteiger partial charge in [0.15, 0.2) is 0 Å². The fraction of sp³-hybridized carbons (Fsp3) is 0.667. The molecule has 2 aliphatic rings. The van der Waals surface area contributed by atoms with Crippen LogP contribution in [0.1, 0.15) is 72.1 Å². The van der Waals surface area contributed by atoms with Crippen LogP contribution >= 0.6 is 0 Å². The molecule has 0 aromatic heterocycles. The highest BCUT2D eigenvalue weighted by atomic mass is 15.4. The Labute approximate surface area is 148 Å². The van der Waals surface area contributed by atoms with Crippen LogP contribution in [0.15, 0.2) is 40.4 Å². The topological polar surface area (TPSA) is 18.8 Å². The molecule has 0 amide bonds. The summed E-state index contributed by atoms with van der Waals surface area (Å²) in [5.41, 5.74) is 4.03. The lowest BCUT2D eigenvalue weighted by molar-refractivity contribution is 0.218. The normalized spacial score (nSPS) is 21.1. The molecule has 134 valence electrons. The Balaban J connectivity index is 2.55. The van der Waals surface area contributed by atoms with Gasteiger partial charge in [0.25, 0.3) is 0 Å². The van der Waals surface area contributed by atoms with Crippen molar-refractivity contribution in [1.29, 1.82) is 0 Å². The SMILES string of the molecule is C=C/C(CC)=C1/N=C(CCC)C(CCC)=C(N2CCCCC2)N1C. The maximum absolute atomic E-state index is 5.11. The van der Waals surface area contributed by atoms with Crippen LogP contribution in [0, 0.1) is 0 Å². The number of nitrogens with zero attached hydrogens (tertiary/aromatic N) is 3. The van der Waals surface area contributed by atoms with Crippen LogP contribution in [0.2, 0.25) is 0 Å². The fourth-order valence-corrected chi connectivity index (χ4v) is 3.84. The lowest BCUT2D eigenvalue weighted by Gasteiger charge is -2.41. The molecule has 0 bridgehead atoms. The number of hydrogen-bond acceptors (Lipinski definition) is 3. The van der Waals surface area contributed by atoms with Crippen LogP contribution in [0.4, 0.5) is 0 Å². The lowest BCUT2D eigenvalue weighted by atomic mass is 9.97. The molecule has 3 heteroatoms. The summed E-state index contributed by atoms with van der Waals surface area (Å²) in [5.74, 6) is 2.52. The minimum atomic E-state index is 0.975. The smallest absolute Gasteiger partial charge is 0.137 e. The summed E-state index contributed by atoms with van der Waals surface area (Å²) in [4.78, 5) is 10.1. The van der Waals surface area contributed by atoms with Crippen molar-refractivity contribution in [2.75, 3.05) is 20.1 Å². The summed E-state index contributed by atoms with van der Waals surface area (Å²) in [7, 11) is 2.19. The van der Waals surface area contributed by atoms with Crippen molar-refractivity contribution in [2.24, 2.45) is 4.99 Å². The Morgan fingerprint density at radius 3 is 2.29 bits per heavy atom. The average Bonchev–Trinajstić information content (AvgIpc) is 2.60. The van der Waals surface area contributed by atoms with Crippen LogP contribution < -0.4 is 0 Å². The summed E-state index contributed by atoms with van der Waals surface area (Å²) in [6, 6.07) is 0. The molecule has 1 fully saturated rings. The number of aliphatic imine (C=N–C) groups is 1. The second kappa shape index (κ2) is 9.10. The second-order valence-corrected chi connectivity index (χ2v) is 6.87. The highest BCUT2D eigenvalue weighted by Gasteiger charge is 2.29. The van der Waals surface area contributed by atoms with Crippen molar-refractivity contribution >= 4 is 5.71 Å². The van der Waals surface area contributed by atoms with E-state index in [0.717, 1.165) is 31.5 Å². The predicted octanol–water partition coefficient (Wildman–Crippen LogP) is 5.48. The van der Waals surface area contributed by atoms with E-state index in [1.165, 1.54) is 61.5 Å². The van der Waals surface area contributed by atoms with Gasteiger partial charge in [-0.25, -0.2) is 4.99 Å². The summed E-state index contributed by atoms with van der Waals surface area (Å²) >= 11 is 0. The molecular formula is C21H35N3. The van der Waals surface area contributed by atoms with Crippen molar-refractivity contribution in [2.45, 2.75) is 72.1 Å². The Morgan fingerprint density at radius 1 is 1.08 bits per heavy atom. The molecule has 0 atom stereocenters. The molecule has 0 spiro atoms. The van der Waals surface area contributed by atoms with Crippen molar-refractivity contribution in [3.63, 3.8) is 0 Å². The van der Waals surface area contributed by atoms with E-state index < -0.39 is 0 Å². The largest absolute Gasteiger partial charge is 0.358 e.